The number of carbonyl (C=O) groups is 1. The average molecular weight is 338 g/mol. The third-order valence-corrected chi connectivity index (χ3v) is 5.26. The summed E-state index contributed by atoms with van der Waals surface area (Å²) in [5.41, 5.74) is 3.48. The minimum atomic E-state index is 0.132. The molecule has 1 aromatic carbocycles. The first-order chi connectivity index (χ1) is 12.1. The topological polar surface area (TPSA) is 50.2 Å². The van der Waals surface area contributed by atoms with Crippen molar-refractivity contribution >= 4 is 5.91 Å². The average Bonchev–Trinajstić information content (AvgIpc) is 3.34. The van der Waals surface area contributed by atoms with Gasteiger partial charge >= 0.3 is 0 Å². The lowest BCUT2D eigenvalue weighted by Gasteiger charge is -2.39. The molecule has 1 aliphatic carbocycles. The van der Waals surface area contributed by atoms with Crippen molar-refractivity contribution in [1.82, 2.24) is 20.0 Å². The number of rotatable bonds is 6. The zero-order chi connectivity index (χ0) is 17.4. The molecule has 4 rings (SSSR count). The highest BCUT2D eigenvalue weighted by Gasteiger charge is 2.35. The molecule has 2 heterocycles. The number of carbonyl (C=O) groups excluding carboxylic acids is 1. The number of aryl methyl sites for hydroxylation is 2. The molecule has 1 amide bonds. The molecule has 0 radical (unpaired) electrons. The lowest BCUT2D eigenvalue weighted by atomic mass is 10.0. The van der Waals surface area contributed by atoms with Gasteiger partial charge < -0.3 is 5.32 Å². The molecule has 0 spiro atoms. The van der Waals surface area contributed by atoms with Crippen molar-refractivity contribution in [2.75, 3.05) is 19.6 Å². The van der Waals surface area contributed by atoms with Crippen molar-refractivity contribution < 1.29 is 4.79 Å². The summed E-state index contributed by atoms with van der Waals surface area (Å²) >= 11 is 0. The van der Waals surface area contributed by atoms with Crippen molar-refractivity contribution in [2.24, 2.45) is 5.92 Å². The van der Waals surface area contributed by atoms with Gasteiger partial charge in [0.05, 0.1) is 24.3 Å². The van der Waals surface area contributed by atoms with Crippen LogP contribution in [-0.2, 0) is 4.79 Å². The Morgan fingerprint density at radius 2 is 1.96 bits per heavy atom. The summed E-state index contributed by atoms with van der Waals surface area (Å²) in [5, 5.41) is 7.82. The van der Waals surface area contributed by atoms with Gasteiger partial charge in [0.25, 0.3) is 0 Å². The molecular weight excluding hydrogens is 312 g/mol. The Kier molecular flexibility index (Phi) is 4.34. The first-order valence-electron chi connectivity index (χ1n) is 9.19. The summed E-state index contributed by atoms with van der Waals surface area (Å²) in [5.74, 6) is 0.734. The fourth-order valence-electron chi connectivity index (χ4n) is 3.83. The predicted octanol–water partition coefficient (Wildman–Crippen LogP) is 2.62. The number of hydrogen-bond donors (Lipinski definition) is 1. The molecule has 0 unspecified atom stereocenters. The standard InChI is InChI=1S/C20H26N4O/c1-14-10-15(2)24(22-14)18-11-23(12-18)13-19(25)21-20(17-8-9-17)16-6-4-3-5-7-16/h3-7,10,17-18,20H,8-9,11-13H2,1-2H3,(H,21,25)/t20-/m0/s1. The Bertz CT molecular complexity index is 744. The molecule has 5 nitrogen and oxygen atoms in total. The highest BCUT2D eigenvalue weighted by molar-refractivity contribution is 5.78. The van der Waals surface area contributed by atoms with Crippen LogP contribution >= 0.6 is 0 Å². The number of benzene rings is 1. The number of aromatic nitrogens is 2. The molecule has 2 aliphatic rings. The van der Waals surface area contributed by atoms with Crippen LogP contribution in [0.5, 0.6) is 0 Å². The maximum atomic E-state index is 12.5. The summed E-state index contributed by atoms with van der Waals surface area (Å²) in [6.45, 7) is 6.39. The zero-order valence-corrected chi connectivity index (χ0v) is 15.0. The highest BCUT2D eigenvalue weighted by Crippen LogP contribution is 2.40. The van der Waals surface area contributed by atoms with E-state index in [-0.39, 0.29) is 11.9 Å². The lowest BCUT2D eigenvalue weighted by Crippen LogP contribution is -2.52. The molecule has 1 aliphatic heterocycles. The van der Waals surface area contributed by atoms with Crippen LogP contribution < -0.4 is 5.32 Å². The number of likely N-dealkylation sites (tertiary alicyclic amines) is 1. The monoisotopic (exact) mass is 338 g/mol. The van der Waals surface area contributed by atoms with Crippen LogP contribution in [0.3, 0.4) is 0 Å². The van der Waals surface area contributed by atoms with E-state index in [1.54, 1.807) is 0 Å². The maximum Gasteiger partial charge on any atom is 0.234 e. The molecule has 1 N–H and O–H groups in total. The molecule has 0 bridgehead atoms. The summed E-state index contributed by atoms with van der Waals surface area (Å²) in [4.78, 5) is 14.7. The second-order valence-corrected chi connectivity index (χ2v) is 7.51. The smallest absolute Gasteiger partial charge is 0.234 e. The zero-order valence-electron chi connectivity index (χ0n) is 15.0. The van der Waals surface area contributed by atoms with Gasteiger partial charge in [0.15, 0.2) is 0 Å². The maximum absolute atomic E-state index is 12.5. The molecule has 25 heavy (non-hydrogen) atoms. The molecular formula is C20H26N4O. The van der Waals surface area contributed by atoms with Gasteiger partial charge in [0.2, 0.25) is 5.91 Å². The van der Waals surface area contributed by atoms with Crippen LogP contribution in [0.15, 0.2) is 36.4 Å². The summed E-state index contributed by atoms with van der Waals surface area (Å²) in [7, 11) is 0. The highest BCUT2D eigenvalue weighted by atomic mass is 16.2. The number of amides is 1. The van der Waals surface area contributed by atoms with E-state index in [9.17, 15) is 4.79 Å². The normalized spacial score (nSPS) is 19.4. The largest absolute Gasteiger partial charge is 0.348 e. The van der Waals surface area contributed by atoms with E-state index in [2.05, 4.69) is 45.1 Å². The third-order valence-electron chi connectivity index (χ3n) is 5.26. The van der Waals surface area contributed by atoms with Crippen LogP contribution in [0.25, 0.3) is 0 Å². The van der Waals surface area contributed by atoms with E-state index >= 15 is 0 Å². The number of nitrogens with zero attached hydrogens (tertiary/aromatic N) is 3. The van der Waals surface area contributed by atoms with Crippen molar-refractivity contribution in [1.29, 1.82) is 0 Å². The Hall–Kier alpha value is -2.14. The summed E-state index contributed by atoms with van der Waals surface area (Å²) in [6, 6.07) is 13.0. The van der Waals surface area contributed by atoms with Gasteiger partial charge in [-0.25, -0.2) is 0 Å². The minimum absolute atomic E-state index is 0.132. The van der Waals surface area contributed by atoms with Crippen molar-refractivity contribution in [3.05, 3.63) is 53.3 Å². The second kappa shape index (κ2) is 6.64. The molecule has 2 aromatic rings. The van der Waals surface area contributed by atoms with Crippen LogP contribution in [0.1, 0.15) is 41.9 Å². The molecule has 1 aromatic heterocycles. The van der Waals surface area contributed by atoms with Crippen LogP contribution in [0, 0.1) is 19.8 Å². The quantitative estimate of drug-likeness (QED) is 0.881. The van der Waals surface area contributed by atoms with Gasteiger partial charge in [0, 0.05) is 18.8 Å². The molecule has 1 atom stereocenters. The Labute approximate surface area is 149 Å². The minimum Gasteiger partial charge on any atom is -0.348 e. The molecule has 132 valence electrons. The first-order valence-corrected chi connectivity index (χ1v) is 9.19. The van der Waals surface area contributed by atoms with E-state index in [0.717, 1.165) is 18.8 Å². The van der Waals surface area contributed by atoms with Gasteiger partial charge in [-0.15, -0.1) is 0 Å². The Morgan fingerprint density at radius 3 is 2.56 bits per heavy atom. The van der Waals surface area contributed by atoms with Gasteiger partial charge in [-0.1, -0.05) is 30.3 Å². The molecule has 5 heteroatoms. The first kappa shape index (κ1) is 16.3. The van der Waals surface area contributed by atoms with E-state index in [0.29, 0.717) is 18.5 Å². The van der Waals surface area contributed by atoms with Gasteiger partial charge in [-0.05, 0) is 44.2 Å². The predicted molar refractivity (Wildman–Crippen MR) is 97.2 cm³/mol. The van der Waals surface area contributed by atoms with E-state index in [4.69, 9.17) is 0 Å². The van der Waals surface area contributed by atoms with Crippen molar-refractivity contribution in [3.63, 3.8) is 0 Å². The number of hydrogen-bond acceptors (Lipinski definition) is 3. The van der Waals surface area contributed by atoms with E-state index < -0.39 is 0 Å². The fourth-order valence-corrected chi connectivity index (χ4v) is 3.83. The SMILES string of the molecule is Cc1cc(C)n(C2CN(CC(=O)N[C@@H](c3ccccc3)C3CC3)C2)n1. The fraction of sp³-hybridized carbons (Fsp3) is 0.500. The second-order valence-electron chi connectivity index (χ2n) is 7.51. The van der Waals surface area contributed by atoms with Gasteiger partial charge in [-0.2, -0.15) is 5.10 Å². The lowest BCUT2D eigenvalue weighted by molar-refractivity contribution is -0.124. The van der Waals surface area contributed by atoms with Crippen LogP contribution in [0.4, 0.5) is 0 Å². The van der Waals surface area contributed by atoms with Gasteiger partial charge in [0.1, 0.15) is 0 Å². The van der Waals surface area contributed by atoms with E-state index in [1.807, 2.05) is 25.1 Å². The molecule has 1 saturated heterocycles. The Balaban J connectivity index is 1.30. The van der Waals surface area contributed by atoms with Crippen molar-refractivity contribution in [3.8, 4) is 0 Å². The van der Waals surface area contributed by atoms with Gasteiger partial charge in [-0.3, -0.25) is 14.4 Å². The Morgan fingerprint density at radius 1 is 1.24 bits per heavy atom. The van der Waals surface area contributed by atoms with E-state index in [1.165, 1.54) is 24.1 Å². The summed E-state index contributed by atoms with van der Waals surface area (Å²) < 4.78 is 2.10. The van der Waals surface area contributed by atoms with Crippen LogP contribution in [0.2, 0.25) is 0 Å². The van der Waals surface area contributed by atoms with Crippen molar-refractivity contribution in [2.45, 2.75) is 38.8 Å². The van der Waals surface area contributed by atoms with Crippen LogP contribution in [-0.4, -0.2) is 40.2 Å². The third kappa shape index (κ3) is 3.61. The number of nitrogens with one attached hydrogen (secondary N) is 1. The molecule has 2 fully saturated rings. The molecule has 1 saturated carbocycles. The summed E-state index contributed by atoms with van der Waals surface area (Å²) in [6.07, 6.45) is 2.42.